The van der Waals surface area contributed by atoms with Crippen molar-refractivity contribution in [2.24, 2.45) is 5.73 Å². The van der Waals surface area contributed by atoms with E-state index in [0.717, 1.165) is 5.56 Å². The highest BCUT2D eigenvalue weighted by Crippen LogP contribution is 2.12. The molecule has 4 N–H and O–H groups in total. The van der Waals surface area contributed by atoms with Gasteiger partial charge in [-0.3, -0.25) is 0 Å². The largest absolute Gasteiger partial charge is 0.481 e. The van der Waals surface area contributed by atoms with Crippen LogP contribution in [0.1, 0.15) is 5.56 Å². The Bertz CT molecular complexity index is 250. The SMILES string of the molecule is COc1nc(N)ncc1CN. The molecule has 0 saturated carbocycles. The molecule has 0 spiro atoms. The third-order valence-electron chi connectivity index (χ3n) is 1.26. The van der Waals surface area contributed by atoms with Crippen LogP contribution in [0.5, 0.6) is 5.88 Å². The van der Waals surface area contributed by atoms with Crippen molar-refractivity contribution in [3.05, 3.63) is 11.8 Å². The first-order valence-corrected chi connectivity index (χ1v) is 3.13. The van der Waals surface area contributed by atoms with Crippen molar-refractivity contribution in [3.63, 3.8) is 0 Å². The Morgan fingerprint density at radius 1 is 1.64 bits per heavy atom. The van der Waals surface area contributed by atoms with E-state index in [-0.39, 0.29) is 5.95 Å². The molecule has 1 aromatic rings. The van der Waals surface area contributed by atoms with E-state index in [2.05, 4.69) is 9.97 Å². The van der Waals surface area contributed by atoms with Crippen molar-refractivity contribution in [2.45, 2.75) is 6.54 Å². The van der Waals surface area contributed by atoms with Crippen LogP contribution in [0.4, 0.5) is 5.95 Å². The predicted octanol–water partition coefficient (Wildman–Crippen LogP) is -0.474. The van der Waals surface area contributed by atoms with Gasteiger partial charge in [-0.1, -0.05) is 0 Å². The zero-order valence-corrected chi connectivity index (χ0v) is 6.24. The lowest BCUT2D eigenvalue weighted by molar-refractivity contribution is 0.392. The van der Waals surface area contributed by atoms with E-state index in [0.29, 0.717) is 12.4 Å². The van der Waals surface area contributed by atoms with Gasteiger partial charge in [0.1, 0.15) is 0 Å². The molecule has 0 radical (unpaired) electrons. The maximum Gasteiger partial charge on any atom is 0.223 e. The highest BCUT2D eigenvalue weighted by atomic mass is 16.5. The predicted molar refractivity (Wildman–Crippen MR) is 40.9 cm³/mol. The lowest BCUT2D eigenvalue weighted by atomic mass is 10.3. The van der Waals surface area contributed by atoms with Crippen LogP contribution in [0.25, 0.3) is 0 Å². The first kappa shape index (κ1) is 7.74. The molecule has 11 heavy (non-hydrogen) atoms. The average molecular weight is 154 g/mol. The molecule has 0 bridgehead atoms. The number of anilines is 1. The zero-order chi connectivity index (χ0) is 8.27. The van der Waals surface area contributed by atoms with Crippen molar-refractivity contribution in [2.75, 3.05) is 12.8 Å². The standard InChI is InChI=1S/C6H10N4O/c1-11-5-4(2-7)3-9-6(8)10-5/h3H,2,7H2,1H3,(H2,8,9,10). The molecule has 0 saturated heterocycles. The molecule has 0 atom stereocenters. The van der Waals surface area contributed by atoms with E-state index >= 15 is 0 Å². The fourth-order valence-corrected chi connectivity index (χ4v) is 0.721. The van der Waals surface area contributed by atoms with Crippen LogP contribution in [0.2, 0.25) is 0 Å². The summed E-state index contributed by atoms with van der Waals surface area (Å²) >= 11 is 0. The fourth-order valence-electron chi connectivity index (χ4n) is 0.721. The second kappa shape index (κ2) is 3.16. The van der Waals surface area contributed by atoms with E-state index in [1.54, 1.807) is 6.20 Å². The van der Waals surface area contributed by atoms with Gasteiger partial charge in [-0.25, -0.2) is 4.98 Å². The normalized spacial score (nSPS) is 9.64. The Labute approximate surface area is 64.4 Å². The third kappa shape index (κ3) is 1.56. The number of ether oxygens (including phenoxy) is 1. The number of nitrogens with two attached hydrogens (primary N) is 2. The first-order chi connectivity index (χ1) is 5.27. The summed E-state index contributed by atoms with van der Waals surface area (Å²) in [6.45, 7) is 0.351. The first-order valence-electron chi connectivity index (χ1n) is 3.13. The summed E-state index contributed by atoms with van der Waals surface area (Å²) in [5.74, 6) is 0.638. The van der Waals surface area contributed by atoms with Crippen LogP contribution in [-0.2, 0) is 6.54 Å². The molecule has 0 aliphatic heterocycles. The van der Waals surface area contributed by atoms with Gasteiger partial charge in [0, 0.05) is 18.3 Å². The maximum absolute atomic E-state index is 5.38. The van der Waals surface area contributed by atoms with E-state index in [9.17, 15) is 0 Å². The second-order valence-electron chi connectivity index (χ2n) is 1.97. The summed E-state index contributed by atoms with van der Waals surface area (Å²) in [7, 11) is 1.51. The number of rotatable bonds is 2. The molecule has 0 unspecified atom stereocenters. The van der Waals surface area contributed by atoms with Gasteiger partial charge in [-0.2, -0.15) is 4.98 Å². The Hall–Kier alpha value is -1.36. The van der Waals surface area contributed by atoms with Crippen molar-refractivity contribution in [3.8, 4) is 5.88 Å². The number of nitrogens with zero attached hydrogens (tertiary/aromatic N) is 2. The Balaban J connectivity index is 3.06. The van der Waals surface area contributed by atoms with Gasteiger partial charge in [0.05, 0.1) is 7.11 Å². The summed E-state index contributed by atoms with van der Waals surface area (Å²) in [5, 5.41) is 0. The van der Waals surface area contributed by atoms with Gasteiger partial charge >= 0.3 is 0 Å². The van der Waals surface area contributed by atoms with Gasteiger partial charge in [0.25, 0.3) is 0 Å². The van der Waals surface area contributed by atoms with Gasteiger partial charge in [-0.15, -0.1) is 0 Å². The van der Waals surface area contributed by atoms with Crippen LogP contribution in [0, 0.1) is 0 Å². The van der Waals surface area contributed by atoms with Crippen LogP contribution in [-0.4, -0.2) is 17.1 Å². The topological polar surface area (TPSA) is 87.0 Å². The minimum absolute atomic E-state index is 0.194. The second-order valence-corrected chi connectivity index (χ2v) is 1.97. The number of methoxy groups -OCH3 is 1. The summed E-state index contributed by atoms with van der Waals surface area (Å²) < 4.78 is 4.91. The van der Waals surface area contributed by atoms with Crippen LogP contribution < -0.4 is 16.2 Å². The van der Waals surface area contributed by atoms with E-state index in [4.69, 9.17) is 16.2 Å². The minimum Gasteiger partial charge on any atom is -0.481 e. The van der Waals surface area contributed by atoms with Crippen LogP contribution in [0.3, 0.4) is 0 Å². The molecule has 0 aromatic carbocycles. The fraction of sp³-hybridized carbons (Fsp3) is 0.333. The highest BCUT2D eigenvalue weighted by Gasteiger charge is 2.02. The molecular formula is C6H10N4O. The van der Waals surface area contributed by atoms with Gasteiger partial charge in [0.2, 0.25) is 11.8 Å². The molecule has 1 aromatic heterocycles. The molecule has 0 fully saturated rings. The van der Waals surface area contributed by atoms with Gasteiger partial charge < -0.3 is 16.2 Å². The van der Waals surface area contributed by atoms with Crippen LogP contribution >= 0.6 is 0 Å². The van der Waals surface area contributed by atoms with Crippen molar-refractivity contribution < 1.29 is 4.74 Å². The quantitative estimate of drug-likeness (QED) is 0.601. The molecule has 0 aliphatic carbocycles. The number of nitrogen functional groups attached to an aromatic ring is 1. The van der Waals surface area contributed by atoms with E-state index in [1.165, 1.54) is 7.11 Å². The molecule has 5 heteroatoms. The Morgan fingerprint density at radius 3 is 2.91 bits per heavy atom. The van der Waals surface area contributed by atoms with E-state index < -0.39 is 0 Å². The Kier molecular flexibility index (Phi) is 2.22. The Morgan fingerprint density at radius 2 is 2.36 bits per heavy atom. The molecular weight excluding hydrogens is 144 g/mol. The van der Waals surface area contributed by atoms with Crippen molar-refractivity contribution in [1.82, 2.24) is 9.97 Å². The lowest BCUT2D eigenvalue weighted by Gasteiger charge is -2.03. The molecule has 0 amide bonds. The highest BCUT2D eigenvalue weighted by molar-refractivity contribution is 5.29. The molecule has 0 aliphatic rings. The zero-order valence-electron chi connectivity index (χ0n) is 6.24. The summed E-state index contributed by atoms with van der Waals surface area (Å²) in [4.78, 5) is 7.59. The minimum atomic E-state index is 0.194. The van der Waals surface area contributed by atoms with Crippen molar-refractivity contribution >= 4 is 5.95 Å². The molecule has 60 valence electrons. The third-order valence-corrected chi connectivity index (χ3v) is 1.26. The monoisotopic (exact) mass is 154 g/mol. The maximum atomic E-state index is 5.38. The lowest BCUT2D eigenvalue weighted by Crippen LogP contribution is -2.05. The average Bonchev–Trinajstić information content (AvgIpc) is 2.04. The number of hydrogen-bond donors (Lipinski definition) is 2. The van der Waals surface area contributed by atoms with Crippen LogP contribution in [0.15, 0.2) is 6.20 Å². The number of aromatic nitrogens is 2. The summed E-state index contributed by atoms with van der Waals surface area (Å²) in [5.41, 5.74) is 11.4. The van der Waals surface area contributed by atoms with E-state index in [1.807, 2.05) is 0 Å². The molecule has 5 nitrogen and oxygen atoms in total. The van der Waals surface area contributed by atoms with Crippen molar-refractivity contribution in [1.29, 1.82) is 0 Å². The van der Waals surface area contributed by atoms with Gasteiger partial charge in [-0.05, 0) is 0 Å². The summed E-state index contributed by atoms with van der Waals surface area (Å²) in [6.07, 6.45) is 1.56. The smallest absolute Gasteiger partial charge is 0.223 e. The molecule has 1 rings (SSSR count). The summed E-state index contributed by atoms with van der Waals surface area (Å²) in [6, 6.07) is 0. The molecule has 1 heterocycles. The van der Waals surface area contributed by atoms with Gasteiger partial charge in [0.15, 0.2) is 0 Å². The number of hydrogen-bond acceptors (Lipinski definition) is 5.